The topological polar surface area (TPSA) is 75.5 Å². The summed E-state index contributed by atoms with van der Waals surface area (Å²) in [5.41, 5.74) is 2.88. The first-order chi connectivity index (χ1) is 12.9. The first-order valence-electron chi connectivity index (χ1n) is 8.95. The summed E-state index contributed by atoms with van der Waals surface area (Å²) in [7, 11) is 0. The summed E-state index contributed by atoms with van der Waals surface area (Å²) < 4.78 is 0.715. The summed E-state index contributed by atoms with van der Waals surface area (Å²) in [4.78, 5) is 25.4. The third kappa shape index (κ3) is 5.26. The van der Waals surface area contributed by atoms with E-state index in [1.165, 1.54) is 23.3 Å². The summed E-state index contributed by atoms with van der Waals surface area (Å²) >= 11 is 2.04. The zero-order chi connectivity index (χ0) is 19.4. The number of nitrogens with zero attached hydrogens (tertiary/aromatic N) is 2. The molecular formula is C20H22IN3O3. The SMILES string of the molecule is Cc1cccc(CN2CCC(NC(=O)c3cc([N+](=O)[O-])ccc3I)CC2)c1. The highest BCUT2D eigenvalue weighted by Crippen LogP contribution is 2.21. The van der Waals surface area contributed by atoms with Gasteiger partial charge in [0.1, 0.15) is 0 Å². The molecule has 6 nitrogen and oxygen atoms in total. The van der Waals surface area contributed by atoms with Crippen LogP contribution in [0.2, 0.25) is 0 Å². The van der Waals surface area contributed by atoms with Crippen LogP contribution in [0.1, 0.15) is 34.3 Å². The molecule has 0 radical (unpaired) electrons. The Bertz CT molecular complexity index is 848. The molecule has 2 aromatic carbocycles. The molecule has 0 aliphatic carbocycles. The Balaban J connectivity index is 1.55. The van der Waals surface area contributed by atoms with Gasteiger partial charge in [-0.15, -0.1) is 0 Å². The number of nitro benzene ring substituents is 1. The van der Waals surface area contributed by atoms with Crippen LogP contribution >= 0.6 is 22.6 Å². The van der Waals surface area contributed by atoms with Crippen molar-refractivity contribution in [3.63, 3.8) is 0 Å². The van der Waals surface area contributed by atoms with Crippen LogP contribution in [-0.2, 0) is 6.54 Å². The van der Waals surface area contributed by atoms with Gasteiger partial charge in [-0.3, -0.25) is 19.8 Å². The molecule has 1 aliphatic rings. The zero-order valence-electron chi connectivity index (χ0n) is 15.2. The van der Waals surface area contributed by atoms with Gasteiger partial charge in [0.15, 0.2) is 0 Å². The Morgan fingerprint density at radius 3 is 2.67 bits per heavy atom. The number of piperidine rings is 1. The number of nitrogens with one attached hydrogen (secondary N) is 1. The van der Waals surface area contributed by atoms with Crippen LogP contribution in [0, 0.1) is 20.6 Å². The molecule has 1 amide bonds. The summed E-state index contributed by atoms with van der Waals surface area (Å²) in [6, 6.07) is 13.0. The lowest BCUT2D eigenvalue weighted by Gasteiger charge is -2.32. The average Bonchev–Trinajstić information content (AvgIpc) is 2.63. The summed E-state index contributed by atoms with van der Waals surface area (Å²) in [5.74, 6) is -0.236. The molecule has 2 aromatic rings. The standard InChI is InChI=1S/C20H22IN3O3/c1-14-3-2-4-15(11-14)13-23-9-7-16(8-10-23)22-20(25)18-12-17(24(26)27)5-6-19(18)21/h2-6,11-12,16H,7-10,13H2,1H3,(H,22,25). The molecular weight excluding hydrogens is 457 g/mol. The molecule has 0 aromatic heterocycles. The molecule has 1 fully saturated rings. The Kier molecular flexibility index (Phi) is 6.43. The van der Waals surface area contributed by atoms with Gasteiger partial charge in [-0.1, -0.05) is 29.8 Å². The van der Waals surface area contributed by atoms with Crippen LogP contribution in [0.25, 0.3) is 0 Å². The number of nitro groups is 1. The lowest BCUT2D eigenvalue weighted by Crippen LogP contribution is -2.44. The maximum absolute atomic E-state index is 12.6. The van der Waals surface area contributed by atoms with Crippen molar-refractivity contribution in [2.24, 2.45) is 0 Å². The number of rotatable bonds is 5. The highest BCUT2D eigenvalue weighted by atomic mass is 127. The molecule has 0 unspecified atom stereocenters. The van der Waals surface area contributed by atoms with Crippen LogP contribution in [0.5, 0.6) is 0 Å². The molecule has 27 heavy (non-hydrogen) atoms. The van der Waals surface area contributed by atoms with Crippen molar-refractivity contribution in [3.8, 4) is 0 Å². The molecule has 3 rings (SSSR count). The number of benzene rings is 2. The van der Waals surface area contributed by atoms with Crippen molar-refractivity contribution in [3.05, 3.63) is 72.8 Å². The van der Waals surface area contributed by atoms with Gasteiger partial charge in [-0.2, -0.15) is 0 Å². The van der Waals surface area contributed by atoms with Crippen molar-refractivity contribution >= 4 is 34.2 Å². The van der Waals surface area contributed by atoms with E-state index in [4.69, 9.17) is 0 Å². The van der Waals surface area contributed by atoms with E-state index in [-0.39, 0.29) is 17.6 Å². The summed E-state index contributed by atoms with van der Waals surface area (Å²) in [6.45, 7) is 4.86. The second-order valence-electron chi connectivity index (χ2n) is 6.93. The highest BCUT2D eigenvalue weighted by Gasteiger charge is 2.23. The third-order valence-corrected chi connectivity index (χ3v) is 5.76. The number of likely N-dealkylation sites (tertiary alicyclic amines) is 1. The predicted molar refractivity (Wildman–Crippen MR) is 113 cm³/mol. The molecule has 0 spiro atoms. The fourth-order valence-electron chi connectivity index (χ4n) is 3.37. The Labute approximate surface area is 172 Å². The number of carbonyl (C=O) groups is 1. The molecule has 1 heterocycles. The minimum absolute atomic E-state index is 0.0615. The van der Waals surface area contributed by atoms with E-state index in [1.807, 2.05) is 22.6 Å². The Hall–Kier alpha value is -2.00. The number of hydrogen-bond acceptors (Lipinski definition) is 4. The van der Waals surface area contributed by atoms with Gasteiger partial charge in [0, 0.05) is 41.4 Å². The van der Waals surface area contributed by atoms with Gasteiger partial charge in [-0.05, 0) is 54.0 Å². The summed E-state index contributed by atoms with van der Waals surface area (Å²) in [6.07, 6.45) is 1.76. The van der Waals surface area contributed by atoms with E-state index in [0.717, 1.165) is 32.5 Å². The van der Waals surface area contributed by atoms with E-state index < -0.39 is 4.92 Å². The number of aryl methyl sites for hydroxylation is 1. The van der Waals surface area contributed by atoms with E-state index in [9.17, 15) is 14.9 Å². The normalized spacial score (nSPS) is 15.5. The summed E-state index contributed by atoms with van der Waals surface area (Å²) in [5, 5.41) is 14.0. The van der Waals surface area contributed by atoms with Crippen LogP contribution in [0.3, 0.4) is 0 Å². The number of non-ortho nitro benzene ring substituents is 1. The van der Waals surface area contributed by atoms with Gasteiger partial charge in [0.25, 0.3) is 11.6 Å². The van der Waals surface area contributed by atoms with Gasteiger partial charge in [0.05, 0.1) is 10.5 Å². The van der Waals surface area contributed by atoms with Gasteiger partial charge < -0.3 is 5.32 Å². The molecule has 0 bridgehead atoms. The molecule has 1 aliphatic heterocycles. The molecule has 142 valence electrons. The smallest absolute Gasteiger partial charge is 0.270 e. The van der Waals surface area contributed by atoms with Crippen molar-refractivity contribution in [1.82, 2.24) is 10.2 Å². The first kappa shape index (κ1) is 19.8. The Morgan fingerprint density at radius 1 is 1.26 bits per heavy atom. The monoisotopic (exact) mass is 479 g/mol. The van der Waals surface area contributed by atoms with Gasteiger partial charge >= 0.3 is 0 Å². The number of hydrogen-bond donors (Lipinski definition) is 1. The first-order valence-corrected chi connectivity index (χ1v) is 10.0. The molecule has 1 N–H and O–H groups in total. The maximum atomic E-state index is 12.6. The second kappa shape index (κ2) is 8.79. The van der Waals surface area contributed by atoms with Crippen LogP contribution in [0.15, 0.2) is 42.5 Å². The van der Waals surface area contributed by atoms with Gasteiger partial charge in [-0.25, -0.2) is 0 Å². The molecule has 0 saturated carbocycles. The maximum Gasteiger partial charge on any atom is 0.270 e. The lowest BCUT2D eigenvalue weighted by molar-refractivity contribution is -0.384. The van der Waals surface area contributed by atoms with Crippen molar-refractivity contribution in [2.75, 3.05) is 13.1 Å². The average molecular weight is 479 g/mol. The van der Waals surface area contributed by atoms with E-state index in [1.54, 1.807) is 6.07 Å². The second-order valence-corrected chi connectivity index (χ2v) is 8.10. The molecule has 7 heteroatoms. The zero-order valence-corrected chi connectivity index (χ0v) is 17.3. The largest absolute Gasteiger partial charge is 0.349 e. The highest BCUT2D eigenvalue weighted by molar-refractivity contribution is 14.1. The van der Waals surface area contributed by atoms with Crippen molar-refractivity contribution < 1.29 is 9.72 Å². The minimum Gasteiger partial charge on any atom is -0.349 e. The van der Waals surface area contributed by atoms with Crippen molar-refractivity contribution in [1.29, 1.82) is 0 Å². The van der Waals surface area contributed by atoms with E-state index in [0.29, 0.717) is 9.13 Å². The predicted octanol–water partition coefficient (Wildman–Crippen LogP) is 3.90. The van der Waals surface area contributed by atoms with Crippen LogP contribution in [0.4, 0.5) is 5.69 Å². The quantitative estimate of drug-likeness (QED) is 0.401. The lowest BCUT2D eigenvalue weighted by atomic mass is 10.0. The molecule has 0 atom stereocenters. The minimum atomic E-state index is -0.476. The number of amides is 1. The fourth-order valence-corrected chi connectivity index (χ4v) is 3.95. The molecule has 1 saturated heterocycles. The van der Waals surface area contributed by atoms with E-state index >= 15 is 0 Å². The Morgan fingerprint density at radius 2 is 2.00 bits per heavy atom. The number of halogens is 1. The van der Waals surface area contributed by atoms with Crippen molar-refractivity contribution in [2.45, 2.75) is 32.4 Å². The van der Waals surface area contributed by atoms with Gasteiger partial charge in [0.2, 0.25) is 0 Å². The van der Waals surface area contributed by atoms with Crippen LogP contribution < -0.4 is 5.32 Å². The number of carbonyl (C=O) groups excluding carboxylic acids is 1. The van der Waals surface area contributed by atoms with E-state index in [2.05, 4.69) is 41.4 Å². The fraction of sp³-hybridized carbons (Fsp3) is 0.350. The third-order valence-electron chi connectivity index (χ3n) is 4.82. The van der Waals surface area contributed by atoms with Crippen LogP contribution in [-0.4, -0.2) is 34.9 Å².